The molecule has 0 aliphatic heterocycles. The van der Waals surface area contributed by atoms with Crippen LogP contribution in [0.15, 0.2) is 30.3 Å². The van der Waals surface area contributed by atoms with Crippen molar-refractivity contribution in [2.45, 2.75) is 51.2 Å². The summed E-state index contributed by atoms with van der Waals surface area (Å²) in [4.78, 5) is 4.73. The molecule has 1 N–H and O–H groups in total. The Morgan fingerprint density at radius 1 is 1.30 bits per heavy atom. The van der Waals surface area contributed by atoms with Gasteiger partial charge in [-0.2, -0.15) is 5.10 Å². The van der Waals surface area contributed by atoms with Crippen LogP contribution in [0, 0.1) is 0 Å². The second kappa shape index (κ2) is 5.75. The average Bonchev–Trinajstić information content (AvgIpc) is 2.81. The lowest BCUT2D eigenvalue weighted by molar-refractivity contribution is 0.142. The van der Waals surface area contributed by atoms with Crippen LogP contribution in [0.5, 0.6) is 0 Å². The molecule has 4 heteroatoms. The van der Waals surface area contributed by atoms with Crippen molar-refractivity contribution in [2.24, 2.45) is 0 Å². The first-order valence-electron chi connectivity index (χ1n) is 7.46. The number of nitrogens with zero attached hydrogens (tertiary/aromatic N) is 3. The van der Waals surface area contributed by atoms with Gasteiger partial charge in [-0.15, -0.1) is 0 Å². The highest BCUT2D eigenvalue weighted by Gasteiger charge is 2.26. The predicted molar refractivity (Wildman–Crippen MR) is 78.3 cm³/mol. The molecular weight excluding hydrogens is 250 g/mol. The van der Waals surface area contributed by atoms with Crippen molar-refractivity contribution < 1.29 is 5.11 Å². The number of hydrogen-bond donors (Lipinski definition) is 1. The summed E-state index contributed by atoms with van der Waals surface area (Å²) in [6.45, 7) is 2.53. The Morgan fingerprint density at radius 2 is 2.05 bits per heavy atom. The Hall–Kier alpha value is -1.68. The van der Waals surface area contributed by atoms with Crippen LogP contribution in [0.25, 0.3) is 11.4 Å². The van der Waals surface area contributed by atoms with E-state index in [9.17, 15) is 5.11 Å². The molecule has 1 aliphatic rings. The fraction of sp³-hybridized carbons (Fsp3) is 0.500. The number of benzene rings is 1. The van der Waals surface area contributed by atoms with Gasteiger partial charge in [0.2, 0.25) is 0 Å². The molecule has 1 aromatic carbocycles. The SMILES string of the molecule is CCC(O)Cn1nc(-c2ccccc2)nc1C1CCC1. The Kier molecular flexibility index (Phi) is 3.83. The van der Waals surface area contributed by atoms with Gasteiger partial charge in [-0.1, -0.05) is 43.7 Å². The molecule has 3 rings (SSSR count). The molecule has 1 fully saturated rings. The van der Waals surface area contributed by atoms with E-state index in [2.05, 4.69) is 5.10 Å². The maximum atomic E-state index is 9.90. The largest absolute Gasteiger partial charge is 0.391 e. The van der Waals surface area contributed by atoms with Crippen LogP contribution in [0.4, 0.5) is 0 Å². The van der Waals surface area contributed by atoms with Gasteiger partial charge >= 0.3 is 0 Å². The normalized spacial score (nSPS) is 16.9. The Labute approximate surface area is 119 Å². The standard InChI is InChI=1S/C16H21N3O/c1-2-14(20)11-19-16(13-9-6-10-13)17-15(18-19)12-7-4-3-5-8-12/h3-5,7-8,13-14,20H,2,6,9-11H2,1H3. The summed E-state index contributed by atoms with van der Waals surface area (Å²) >= 11 is 0. The van der Waals surface area contributed by atoms with E-state index in [1.54, 1.807) is 0 Å². The van der Waals surface area contributed by atoms with Gasteiger partial charge in [0.1, 0.15) is 5.82 Å². The van der Waals surface area contributed by atoms with Gasteiger partial charge < -0.3 is 5.11 Å². The molecule has 1 aromatic heterocycles. The molecule has 1 saturated carbocycles. The fourth-order valence-corrected chi connectivity index (χ4v) is 2.50. The first-order chi connectivity index (χ1) is 9.78. The highest BCUT2D eigenvalue weighted by Crippen LogP contribution is 2.36. The van der Waals surface area contributed by atoms with E-state index in [0.717, 1.165) is 23.6 Å². The number of aliphatic hydroxyl groups excluding tert-OH is 1. The van der Waals surface area contributed by atoms with Gasteiger partial charge in [0.25, 0.3) is 0 Å². The van der Waals surface area contributed by atoms with E-state index in [1.807, 2.05) is 41.9 Å². The second-order valence-electron chi connectivity index (χ2n) is 5.53. The summed E-state index contributed by atoms with van der Waals surface area (Å²) in [6.07, 6.45) is 4.04. The molecule has 20 heavy (non-hydrogen) atoms. The molecule has 0 amide bonds. The van der Waals surface area contributed by atoms with E-state index in [0.29, 0.717) is 12.5 Å². The van der Waals surface area contributed by atoms with Gasteiger partial charge in [0.05, 0.1) is 12.6 Å². The Morgan fingerprint density at radius 3 is 2.65 bits per heavy atom. The lowest BCUT2D eigenvalue weighted by atomic mass is 9.85. The summed E-state index contributed by atoms with van der Waals surface area (Å²) in [5, 5.41) is 14.5. The maximum absolute atomic E-state index is 9.90. The molecule has 106 valence electrons. The smallest absolute Gasteiger partial charge is 0.181 e. The summed E-state index contributed by atoms with van der Waals surface area (Å²) in [5.74, 6) is 2.34. The topological polar surface area (TPSA) is 50.9 Å². The molecule has 0 saturated heterocycles. The molecule has 0 spiro atoms. The van der Waals surface area contributed by atoms with E-state index >= 15 is 0 Å². The third-order valence-electron chi connectivity index (χ3n) is 4.06. The first kappa shape index (κ1) is 13.3. The van der Waals surface area contributed by atoms with Crippen molar-refractivity contribution in [3.05, 3.63) is 36.2 Å². The molecule has 0 radical (unpaired) electrons. The van der Waals surface area contributed by atoms with E-state index < -0.39 is 0 Å². The van der Waals surface area contributed by atoms with Gasteiger partial charge in [-0.3, -0.25) is 0 Å². The number of aliphatic hydroxyl groups is 1. The van der Waals surface area contributed by atoms with Crippen LogP contribution in [0.1, 0.15) is 44.3 Å². The van der Waals surface area contributed by atoms with E-state index in [1.165, 1.54) is 19.3 Å². The van der Waals surface area contributed by atoms with Crippen LogP contribution in [0.3, 0.4) is 0 Å². The van der Waals surface area contributed by atoms with Crippen LogP contribution in [0.2, 0.25) is 0 Å². The predicted octanol–water partition coefficient (Wildman–Crippen LogP) is 2.98. The van der Waals surface area contributed by atoms with Gasteiger partial charge in [0.15, 0.2) is 5.82 Å². The molecule has 4 nitrogen and oxygen atoms in total. The molecule has 1 atom stereocenters. The highest BCUT2D eigenvalue weighted by molar-refractivity contribution is 5.54. The molecule has 1 unspecified atom stereocenters. The van der Waals surface area contributed by atoms with Crippen LogP contribution in [-0.4, -0.2) is 26.0 Å². The van der Waals surface area contributed by atoms with Gasteiger partial charge in [-0.05, 0) is 19.3 Å². The van der Waals surface area contributed by atoms with Crippen molar-refractivity contribution in [1.29, 1.82) is 0 Å². The summed E-state index contributed by atoms with van der Waals surface area (Å²) in [7, 11) is 0. The summed E-state index contributed by atoms with van der Waals surface area (Å²) < 4.78 is 1.92. The average molecular weight is 271 g/mol. The zero-order valence-electron chi connectivity index (χ0n) is 11.9. The lowest BCUT2D eigenvalue weighted by Gasteiger charge is -2.25. The summed E-state index contributed by atoms with van der Waals surface area (Å²) in [5.41, 5.74) is 1.04. The van der Waals surface area contributed by atoms with Crippen LogP contribution < -0.4 is 0 Å². The Balaban J connectivity index is 1.92. The highest BCUT2D eigenvalue weighted by atomic mass is 16.3. The van der Waals surface area contributed by atoms with Crippen molar-refractivity contribution in [3.8, 4) is 11.4 Å². The van der Waals surface area contributed by atoms with Gasteiger partial charge in [0, 0.05) is 11.5 Å². The third kappa shape index (κ3) is 2.61. The molecule has 0 bridgehead atoms. The maximum Gasteiger partial charge on any atom is 0.181 e. The zero-order chi connectivity index (χ0) is 13.9. The number of hydrogen-bond acceptors (Lipinski definition) is 3. The molecule has 2 aromatic rings. The van der Waals surface area contributed by atoms with Crippen molar-refractivity contribution in [1.82, 2.24) is 14.8 Å². The van der Waals surface area contributed by atoms with Crippen molar-refractivity contribution in [2.75, 3.05) is 0 Å². The molecule has 1 heterocycles. The number of rotatable bonds is 5. The lowest BCUT2D eigenvalue weighted by Crippen LogP contribution is -2.21. The molecular formula is C16H21N3O. The Bertz CT molecular complexity index is 560. The third-order valence-corrected chi connectivity index (χ3v) is 4.06. The quantitative estimate of drug-likeness (QED) is 0.909. The first-order valence-corrected chi connectivity index (χ1v) is 7.46. The molecule has 1 aliphatic carbocycles. The van der Waals surface area contributed by atoms with Crippen molar-refractivity contribution >= 4 is 0 Å². The number of aromatic nitrogens is 3. The monoisotopic (exact) mass is 271 g/mol. The van der Waals surface area contributed by atoms with E-state index in [-0.39, 0.29) is 6.10 Å². The van der Waals surface area contributed by atoms with Crippen LogP contribution in [-0.2, 0) is 6.54 Å². The zero-order valence-corrected chi connectivity index (χ0v) is 11.9. The minimum absolute atomic E-state index is 0.348. The second-order valence-corrected chi connectivity index (χ2v) is 5.53. The summed E-state index contributed by atoms with van der Waals surface area (Å²) in [6, 6.07) is 10.1. The van der Waals surface area contributed by atoms with E-state index in [4.69, 9.17) is 4.98 Å². The van der Waals surface area contributed by atoms with Gasteiger partial charge in [-0.25, -0.2) is 9.67 Å². The minimum atomic E-state index is -0.348. The van der Waals surface area contributed by atoms with Crippen LogP contribution >= 0.6 is 0 Å². The minimum Gasteiger partial charge on any atom is -0.391 e. The van der Waals surface area contributed by atoms with Crippen molar-refractivity contribution in [3.63, 3.8) is 0 Å². The fourth-order valence-electron chi connectivity index (χ4n) is 2.50.